The van der Waals surface area contributed by atoms with E-state index in [0.29, 0.717) is 45.5 Å². The molecule has 0 fully saturated rings. The summed E-state index contributed by atoms with van der Waals surface area (Å²) < 4.78 is 12.4. The molecular weight excluding hydrogens is 539 g/mol. The highest BCUT2D eigenvalue weighted by atomic mass is 79.9. The standard InChI is InChI=1S/C26H21BrCl2N2O3/c1-3-33-23-13-18(12-20(27)25(23)34-15-17-7-4-6-16(2)10-17)11-19(14-30)26(32)31-22-9-5-8-21(28)24(22)29/h4-13H,3,15H2,1-2H3,(H,31,32)/b19-11-. The smallest absolute Gasteiger partial charge is 0.266 e. The van der Waals surface area contributed by atoms with Gasteiger partial charge in [-0.2, -0.15) is 5.26 Å². The van der Waals surface area contributed by atoms with Crippen molar-refractivity contribution < 1.29 is 14.3 Å². The molecule has 0 saturated carbocycles. The van der Waals surface area contributed by atoms with Gasteiger partial charge >= 0.3 is 0 Å². The molecule has 174 valence electrons. The lowest BCUT2D eigenvalue weighted by atomic mass is 10.1. The average Bonchev–Trinajstić information content (AvgIpc) is 2.80. The van der Waals surface area contributed by atoms with E-state index < -0.39 is 5.91 Å². The first-order valence-corrected chi connectivity index (χ1v) is 11.9. The third-order valence-corrected chi connectivity index (χ3v) is 6.08. The van der Waals surface area contributed by atoms with E-state index in [-0.39, 0.29) is 10.6 Å². The molecule has 0 heterocycles. The molecule has 1 N–H and O–H groups in total. The molecule has 0 atom stereocenters. The van der Waals surface area contributed by atoms with Crippen molar-refractivity contribution in [2.45, 2.75) is 20.5 Å². The Kier molecular flexibility index (Phi) is 9.00. The number of nitriles is 1. The van der Waals surface area contributed by atoms with Gasteiger partial charge in [-0.05, 0) is 71.2 Å². The zero-order valence-corrected chi connectivity index (χ0v) is 21.6. The largest absolute Gasteiger partial charge is 0.490 e. The minimum Gasteiger partial charge on any atom is -0.490 e. The van der Waals surface area contributed by atoms with Gasteiger partial charge in [0.2, 0.25) is 0 Å². The van der Waals surface area contributed by atoms with E-state index in [1.807, 2.05) is 38.1 Å². The van der Waals surface area contributed by atoms with Gasteiger partial charge in [0, 0.05) is 0 Å². The van der Waals surface area contributed by atoms with Crippen LogP contribution in [-0.4, -0.2) is 12.5 Å². The van der Waals surface area contributed by atoms with Crippen LogP contribution in [0.25, 0.3) is 6.08 Å². The topological polar surface area (TPSA) is 71.3 Å². The number of amides is 1. The summed E-state index contributed by atoms with van der Waals surface area (Å²) in [4.78, 5) is 12.7. The van der Waals surface area contributed by atoms with Crippen LogP contribution in [0.5, 0.6) is 11.5 Å². The minimum atomic E-state index is -0.611. The molecule has 0 spiro atoms. The molecule has 1 amide bonds. The molecule has 5 nitrogen and oxygen atoms in total. The van der Waals surface area contributed by atoms with Gasteiger partial charge in [0.1, 0.15) is 18.2 Å². The summed E-state index contributed by atoms with van der Waals surface area (Å²) in [5.74, 6) is 0.418. The van der Waals surface area contributed by atoms with Crippen molar-refractivity contribution in [1.29, 1.82) is 5.26 Å². The predicted octanol–water partition coefficient (Wildman–Crippen LogP) is 7.59. The summed E-state index contributed by atoms with van der Waals surface area (Å²) in [5, 5.41) is 12.7. The Morgan fingerprint density at radius 1 is 1.15 bits per heavy atom. The summed E-state index contributed by atoms with van der Waals surface area (Å²) in [6.07, 6.45) is 1.46. The fraction of sp³-hybridized carbons (Fsp3) is 0.154. The number of anilines is 1. The first-order valence-electron chi connectivity index (χ1n) is 10.3. The van der Waals surface area contributed by atoms with Gasteiger partial charge in [0.05, 0.1) is 26.8 Å². The number of carbonyl (C=O) groups is 1. The number of hydrogen-bond acceptors (Lipinski definition) is 4. The number of benzene rings is 3. The molecule has 0 radical (unpaired) electrons. The summed E-state index contributed by atoms with van der Waals surface area (Å²) in [6, 6.07) is 18.3. The molecule has 0 aliphatic heterocycles. The molecular formula is C26H21BrCl2N2O3. The van der Waals surface area contributed by atoms with Crippen LogP contribution in [0.2, 0.25) is 10.0 Å². The number of nitrogens with zero attached hydrogens (tertiary/aromatic N) is 1. The third kappa shape index (κ3) is 6.54. The number of rotatable bonds is 8. The van der Waals surface area contributed by atoms with Crippen molar-refractivity contribution in [3.05, 3.63) is 91.4 Å². The maximum Gasteiger partial charge on any atom is 0.266 e. The van der Waals surface area contributed by atoms with Gasteiger partial charge in [-0.1, -0.05) is 59.1 Å². The molecule has 3 rings (SSSR count). The fourth-order valence-corrected chi connectivity index (χ4v) is 4.06. The Bertz CT molecular complexity index is 1290. The molecule has 0 bridgehead atoms. The Morgan fingerprint density at radius 3 is 2.62 bits per heavy atom. The molecule has 0 aromatic heterocycles. The van der Waals surface area contributed by atoms with Crippen molar-refractivity contribution >= 4 is 56.8 Å². The van der Waals surface area contributed by atoms with E-state index >= 15 is 0 Å². The number of hydrogen-bond donors (Lipinski definition) is 1. The molecule has 8 heteroatoms. The molecule has 34 heavy (non-hydrogen) atoms. The lowest BCUT2D eigenvalue weighted by Crippen LogP contribution is -2.13. The predicted molar refractivity (Wildman–Crippen MR) is 140 cm³/mol. The Balaban J connectivity index is 1.86. The summed E-state index contributed by atoms with van der Waals surface area (Å²) >= 11 is 15.7. The van der Waals surface area contributed by atoms with E-state index in [0.717, 1.165) is 11.1 Å². The van der Waals surface area contributed by atoms with E-state index in [2.05, 4.69) is 27.3 Å². The van der Waals surface area contributed by atoms with Crippen LogP contribution in [0, 0.1) is 18.3 Å². The fourth-order valence-electron chi connectivity index (χ4n) is 3.14. The van der Waals surface area contributed by atoms with Crippen molar-refractivity contribution in [2.24, 2.45) is 0 Å². The van der Waals surface area contributed by atoms with Crippen LogP contribution in [0.3, 0.4) is 0 Å². The molecule has 3 aromatic carbocycles. The van der Waals surface area contributed by atoms with Gasteiger partial charge in [0.15, 0.2) is 11.5 Å². The normalized spacial score (nSPS) is 11.0. The van der Waals surface area contributed by atoms with Crippen LogP contribution in [0.4, 0.5) is 5.69 Å². The van der Waals surface area contributed by atoms with Gasteiger partial charge < -0.3 is 14.8 Å². The molecule has 0 saturated heterocycles. The molecule has 0 aliphatic carbocycles. The van der Waals surface area contributed by atoms with Crippen LogP contribution < -0.4 is 14.8 Å². The second-order valence-corrected chi connectivity index (χ2v) is 8.91. The van der Waals surface area contributed by atoms with Crippen molar-refractivity contribution in [2.75, 3.05) is 11.9 Å². The highest BCUT2D eigenvalue weighted by Crippen LogP contribution is 2.38. The van der Waals surface area contributed by atoms with Gasteiger partial charge in [0.25, 0.3) is 5.91 Å². The number of carbonyl (C=O) groups excluding carboxylic acids is 1. The van der Waals surface area contributed by atoms with Crippen molar-refractivity contribution in [1.82, 2.24) is 0 Å². The van der Waals surface area contributed by atoms with Crippen LogP contribution >= 0.6 is 39.1 Å². The summed E-state index contributed by atoms with van der Waals surface area (Å²) in [7, 11) is 0. The van der Waals surface area contributed by atoms with E-state index in [4.69, 9.17) is 32.7 Å². The first-order chi connectivity index (χ1) is 16.3. The lowest BCUT2D eigenvalue weighted by molar-refractivity contribution is -0.112. The van der Waals surface area contributed by atoms with E-state index in [1.54, 1.807) is 30.3 Å². The SMILES string of the molecule is CCOc1cc(/C=C(/C#N)C(=O)Nc2cccc(Cl)c2Cl)cc(Br)c1OCc1cccc(C)c1. The Hall–Kier alpha value is -2.98. The van der Waals surface area contributed by atoms with Gasteiger partial charge in [-0.25, -0.2) is 0 Å². The zero-order valence-electron chi connectivity index (χ0n) is 18.5. The van der Waals surface area contributed by atoms with Crippen LogP contribution in [0.1, 0.15) is 23.6 Å². The molecule has 0 unspecified atom stereocenters. The van der Waals surface area contributed by atoms with Crippen molar-refractivity contribution in [3.8, 4) is 17.6 Å². The quantitative estimate of drug-likeness (QED) is 0.228. The maximum absolute atomic E-state index is 12.7. The number of halogens is 3. The molecule has 0 aliphatic rings. The second kappa shape index (κ2) is 11.9. The zero-order chi connectivity index (χ0) is 24.7. The number of aryl methyl sites for hydroxylation is 1. The van der Waals surface area contributed by atoms with Crippen molar-refractivity contribution in [3.63, 3.8) is 0 Å². The average molecular weight is 560 g/mol. The number of ether oxygens (including phenoxy) is 2. The van der Waals surface area contributed by atoms with E-state index in [1.165, 1.54) is 6.08 Å². The summed E-state index contributed by atoms with van der Waals surface area (Å²) in [5.41, 5.74) is 2.96. The monoisotopic (exact) mass is 558 g/mol. The second-order valence-electron chi connectivity index (χ2n) is 7.27. The summed E-state index contributed by atoms with van der Waals surface area (Å²) in [6.45, 7) is 4.67. The number of nitrogens with one attached hydrogen (secondary N) is 1. The van der Waals surface area contributed by atoms with E-state index in [9.17, 15) is 10.1 Å². The Labute approximate surface area is 217 Å². The highest BCUT2D eigenvalue weighted by Gasteiger charge is 2.16. The van der Waals surface area contributed by atoms with Gasteiger partial charge in [-0.3, -0.25) is 4.79 Å². The Morgan fingerprint density at radius 2 is 1.91 bits per heavy atom. The molecule has 3 aromatic rings. The van der Waals surface area contributed by atoms with Gasteiger partial charge in [-0.15, -0.1) is 0 Å². The maximum atomic E-state index is 12.7. The van der Waals surface area contributed by atoms with Crippen LogP contribution in [0.15, 0.2) is 64.6 Å². The van der Waals surface area contributed by atoms with Crippen LogP contribution in [-0.2, 0) is 11.4 Å². The lowest BCUT2D eigenvalue weighted by Gasteiger charge is -2.15. The highest BCUT2D eigenvalue weighted by molar-refractivity contribution is 9.10. The third-order valence-electron chi connectivity index (χ3n) is 4.67. The first kappa shape index (κ1) is 25.6. The minimum absolute atomic E-state index is 0.112.